The molecule has 1 unspecified atom stereocenters. The summed E-state index contributed by atoms with van der Waals surface area (Å²) in [6.45, 7) is 21.8. The van der Waals surface area contributed by atoms with Crippen molar-refractivity contribution in [2.45, 2.75) is 115 Å². The Bertz CT molecular complexity index is 1070. The average Bonchev–Trinajstić information content (AvgIpc) is 3.28. The number of hydrogen-bond donors (Lipinski definition) is 0. The van der Waals surface area contributed by atoms with Gasteiger partial charge in [0, 0.05) is 18.3 Å². The van der Waals surface area contributed by atoms with Crippen LogP contribution in [0.2, 0.25) is 36.3 Å². The van der Waals surface area contributed by atoms with E-state index in [1.54, 1.807) is 0 Å². The largest absolute Gasteiger partial charge is 0.491 e. The van der Waals surface area contributed by atoms with Crippen molar-refractivity contribution in [2.75, 3.05) is 6.61 Å². The van der Waals surface area contributed by atoms with Crippen molar-refractivity contribution >= 4 is 22.6 Å². The third kappa shape index (κ3) is 7.80. The summed E-state index contributed by atoms with van der Waals surface area (Å²) in [5.41, 5.74) is -0.754. The van der Waals surface area contributed by atoms with Crippen molar-refractivity contribution in [3.63, 3.8) is 0 Å². The Balaban J connectivity index is 1.87. The fourth-order valence-electron chi connectivity index (χ4n) is 4.72. The van der Waals surface area contributed by atoms with Gasteiger partial charge in [0.25, 0.3) is 0 Å². The van der Waals surface area contributed by atoms with E-state index in [2.05, 4.69) is 73.8 Å². The summed E-state index contributed by atoms with van der Waals surface area (Å²) >= 11 is 0. The summed E-state index contributed by atoms with van der Waals surface area (Å²) in [6.07, 6.45) is -0.131. The van der Waals surface area contributed by atoms with E-state index in [4.69, 9.17) is 18.3 Å². The Morgan fingerprint density at radius 3 is 2.23 bits per heavy atom. The Kier molecular flexibility index (Phi) is 9.51. The smallest absolute Gasteiger partial charge is 0.416 e. The number of benzene rings is 1. The van der Waals surface area contributed by atoms with Crippen LogP contribution in [-0.4, -0.2) is 47.5 Å². The van der Waals surface area contributed by atoms with Gasteiger partial charge in [-0.2, -0.15) is 13.2 Å². The van der Waals surface area contributed by atoms with E-state index in [1.165, 1.54) is 12.1 Å². The minimum atomic E-state index is -4.45. The second-order valence-corrected chi connectivity index (χ2v) is 23.8. The third-order valence-electron chi connectivity index (χ3n) is 9.18. The van der Waals surface area contributed by atoms with Gasteiger partial charge in [0.1, 0.15) is 18.5 Å². The third-order valence-corrected chi connectivity index (χ3v) is 18.2. The molecule has 40 heavy (non-hydrogen) atoms. The van der Waals surface area contributed by atoms with E-state index in [1.807, 2.05) is 6.08 Å². The van der Waals surface area contributed by atoms with Crippen molar-refractivity contribution in [3.8, 4) is 5.75 Å². The molecule has 3 rings (SSSR count). The number of halogens is 3. The molecule has 1 aliphatic carbocycles. The van der Waals surface area contributed by atoms with Crippen LogP contribution in [0.1, 0.15) is 59.9 Å². The lowest BCUT2D eigenvalue weighted by Crippen LogP contribution is -2.45. The SMILES string of the molecule is CC(C)(C)[Si](C)(C)OC(C=C[C@@H]1[C@H]2CC(=O)O[C@H]2C[C@H]1O[Si](C)(C)C(C)(C)C)COc1cccc(C(F)(F)F)c1. The van der Waals surface area contributed by atoms with E-state index >= 15 is 0 Å². The van der Waals surface area contributed by atoms with Crippen LogP contribution in [0.15, 0.2) is 36.4 Å². The summed E-state index contributed by atoms with van der Waals surface area (Å²) in [5, 5.41) is -0.0458. The molecular weight excluding hydrogens is 553 g/mol. The Labute approximate surface area is 240 Å². The Morgan fingerprint density at radius 2 is 1.65 bits per heavy atom. The molecule has 2 fully saturated rings. The molecule has 0 N–H and O–H groups in total. The van der Waals surface area contributed by atoms with Gasteiger partial charge >= 0.3 is 12.1 Å². The number of fused-ring (bicyclic) bond motifs is 1. The van der Waals surface area contributed by atoms with Crippen molar-refractivity contribution in [1.29, 1.82) is 0 Å². The van der Waals surface area contributed by atoms with Gasteiger partial charge in [0.05, 0.1) is 24.2 Å². The van der Waals surface area contributed by atoms with Gasteiger partial charge in [-0.3, -0.25) is 4.79 Å². The summed E-state index contributed by atoms with van der Waals surface area (Å²) in [6, 6.07) is 4.91. The molecule has 226 valence electrons. The number of carbonyl (C=O) groups is 1. The van der Waals surface area contributed by atoms with Gasteiger partial charge in [0.2, 0.25) is 0 Å². The molecule has 0 bridgehead atoms. The maximum absolute atomic E-state index is 13.2. The predicted octanol–water partition coefficient (Wildman–Crippen LogP) is 8.37. The van der Waals surface area contributed by atoms with E-state index in [0.717, 1.165) is 12.1 Å². The number of esters is 1. The number of rotatable bonds is 9. The van der Waals surface area contributed by atoms with Gasteiger partial charge in [0.15, 0.2) is 16.6 Å². The van der Waals surface area contributed by atoms with Gasteiger partial charge < -0.3 is 18.3 Å². The monoisotopic (exact) mass is 600 g/mol. The molecule has 0 spiro atoms. The maximum Gasteiger partial charge on any atom is 0.416 e. The van der Waals surface area contributed by atoms with Crippen molar-refractivity contribution in [1.82, 2.24) is 0 Å². The first-order valence-electron chi connectivity index (χ1n) is 14.1. The molecule has 10 heteroatoms. The first-order chi connectivity index (χ1) is 18.1. The van der Waals surface area contributed by atoms with E-state index < -0.39 is 34.5 Å². The lowest BCUT2D eigenvalue weighted by atomic mass is 9.91. The first-order valence-corrected chi connectivity index (χ1v) is 20.0. The van der Waals surface area contributed by atoms with E-state index in [0.29, 0.717) is 12.8 Å². The standard InChI is InChI=1S/C30H47F3O5Si2/c1-28(2,3)39(7,8)37-22(19-35-21-13-11-12-20(16-21)30(31,32)33)14-15-23-24-17-27(34)36-25(24)18-26(23)38-40(9,10)29(4,5)6/h11-16,22-26H,17-19H2,1-10H3/t22?,23-,24-,25+,26-/m1/s1. The zero-order valence-corrected chi connectivity index (χ0v) is 27.6. The van der Waals surface area contributed by atoms with Gasteiger partial charge in [-0.05, 0) is 54.5 Å². The highest BCUT2D eigenvalue weighted by Gasteiger charge is 2.52. The van der Waals surface area contributed by atoms with Crippen LogP contribution in [0, 0.1) is 11.8 Å². The lowest BCUT2D eigenvalue weighted by Gasteiger charge is -2.40. The van der Waals surface area contributed by atoms with Crippen LogP contribution in [-0.2, 0) is 24.6 Å². The Hall–Kier alpha value is -1.63. The molecule has 1 aliphatic heterocycles. The normalized spacial score (nSPS) is 25.3. The van der Waals surface area contributed by atoms with Crippen LogP contribution in [0.5, 0.6) is 5.75 Å². The molecule has 0 amide bonds. The lowest BCUT2D eigenvalue weighted by molar-refractivity contribution is -0.142. The predicted molar refractivity (Wildman–Crippen MR) is 156 cm³/mol. The van der Waals surface area contributed by atoms with E-state index in [-0.39, 0.29) is 52.4 Å². The summed E-state index contributed by atoms with van der Waals surface area (Å²) in [4.78, 5) is 12.1. The minimum absolute atomic E-state index is 0.0245. The topological polar surface area (TPSA) is 54.0 Å². The minimum Gasteiger partial charge on any atom is -0.491 e. The highest BCUT2D eigenvalue weighted by molar-refractivity contribution is 6.74. The quantitative estimate of drug-likeness (QED) is 0.162. The van der Waals surface area contributed by atoms with Gasteiger partial charge in [-0.15, -0.1) is 0 Å². The zero-order valence-electron chi connectivity index (χ0n) is 25.6. The van der Waals surface area contributed by atoms with Crippen molar-refractivity contribution < 1.29 is 36.3 Å². The summed E-state index contributed by atoms with van der Waals surface area (Å²) < 4.78 is 64.8. The van der Waals surface area contributed by atoms with Crippen LogP contribution >= 0.6 is 0 Å². The molecule has 0 radical (unpaired) electrons. The summed E-state index contributed by atoms with van der Waals surface area (Å²) in [7, 11) is -4.35. The maximum atomic E-state index is 13.2. The highest BCUT2D eigenvalue weighted by atomic mass is 28.4. The van der Waals surface area contributed by atoms with Crippen LogP contribution in [0.4, 0.5) is 13.2 Å². The average molecular weight is 601 g/mol. The molecule has 5 atom stereocenters. The molecule has 0 aromatic heterocycles. The molecule has 1 aromatic carbocycles. The Morgan fingerprint density at radius 1 is 1.02 bits per heavy atom. The number of alkyl halides is 3. The number of hydrogen-bond acceptors (Lipinski definition) is 5. The molecule has 1 aromatic rings. The van der Waals surface area contributed by atoms with Crippen molar-refractivity contribution in [3.05, 3.63) is 42.0 Å². The molecule has 2 aliphatic rings. The zero-order chi connectivity index (χ0) is 30.3. The summed E-state index contributed by atoms with van der Waals surface area (Å²) in [5.74, 6) is -0.0517. The molecule has 1 saturated carbocycles. The van der Waals surface area contributed by atoms with Crippen molar-refractivity contribution in [2.24, 2.45) is 11.8 Å². The number of carbonyl (C=O) groups excluding carboxylic acids is 1. The highest BCUT2D eigenvalue weighted by Crippen LogP contribution is 2.47. The molecule has 5 nitrogen and oxygen atoms in total. The van der Waals surface area contributed by atoms with Gasteiger partial charge in [-0.1, -0.05) is 59.8 Å². The molecule has 1 saturated heterocycles. The fraction of sp³-hybridized carbons (Fsp3) is 0.700. The van der Waals surface area contributed by atoms with Crippen LogP contribution < -0.4 is 4.74 Å². The second kappa shape index (κ2) is 11.6. The fourth-order valence-corrected chi connectivity index (χ4v) is 7.34. The number of ether oxygens (including phenoxy) is 2. The van der Waals surface area contributed by atoms with Crippen LogP contribution in [0.25, 0.3) is 0 Å². The van der Waals surface area contributed by atoms with Crippen LogP contribution in [0.3, 0.4) is 0 Å². The van der Waals surface area contributed by atoms with Gasteiger partial charge in [-0.25, -0.2) is 0 Å². The van der Waals surface area contributed by atoms with E-state index in [9.17, 15) is 18.0 Å². The molecule has 1 heterocycles. The second-order valence-electron chi connectivity index (χ2n) is 14.3. The molecular formula is C30H47F3O5Si2. The first kappa shape index (κ1) is 32.9.